The highest BCUT2D eigenvalue weighted by Crippen LogP contribution is 2.33. The number of amides is 1. The van der Waals surface area contributed by atoms with E-state index in [1.54, 1.807) is 0 Å². The summed E-state index contributed by atoms with van der Waals surface area (Å²) in [6, 6.07) is -0.889. The number of rotatable bonds is 59. The van der Waals surface area contributed by atoms with Crippen LogP contribution in [0.15, 0.2) is 36.5 Å². The van der Waals surface area contributed by atoms with Gasteiger partial charge < -0.3 is 89.9 Å². The number of carbonyl (C=O) groups excluding carboxylic acids is 1. The number of carbonyl (C=O) groups is 1. The minimum Gasteiger partial charge on any atom is -0.394 e. The molecule has 93 heavy (non-hydrogen) atoms. The molecule has 3 heterocycles. The van der Waals surface area contributed by atoms with Crippen molar-refractivity contribution < 1.29 is 89.4 Å². The van der Waals surface area contributed by atoms with Crippen LogP contribution in [0.25, 0.3) is 0 Å². The number of aliphatic hydroxyl groups excluding tert-OH is 11. The average molecular weight is 1330 g/mol. The first-order valence-electron chi connectivity index (χ1n) is 37.7. The molecule has 0 aliphatic carbocycles. The standard InChI is InChI=1S/C74H137NO18/c1-3-5-7-9-11-13-15-17-19-21-23-25-26-27-28-29-30-32-34-36-38-40-42-44-46-48-50-52-62(80)75-57(58(79)51-49-47-45-43-41-39-37-35-33-31-24-22-20-18-16-14-12-10-8-6-4-2)56-88-72-68(86)65(83)70(60(54-77)90-72)93-74-69(87)66(84)71(61(55-78)91-74)92-73-67(85)64(82)63(81)59(53-76)89-73/h15,17,21,23,26-27,57-61,63-74,76-79,81-87H,3-14,16,18-20,22,24-25,28-56H2,1-2H3,(H,75,80)/b17-15-,23-21-,27-26-. The van der Waals surface area contributed by atoms with E-state index < -0.39 is 124 Å². The molecule has 3 aliphatic rings. The second-order valence-corrected chi connectivity index (χ2v) is 27.1. The Morgan fingerprint density at radius 3 is 1.11 bits per heavy atom. The Morgan fingerprint density at radius 1 is 0.387 bits per heavy atom. The Morgan fingerprint density at radius 2 is 0.710 bits per heavy atom. The summed E-state index contributed by atoms with van der Waals surface area (Å²) < 4.78 is 34.5. The number of hydrogen-bond donors (Lipinski definition) is 12. The molecule has 0 aromatic carbocycles. The van der Waals surface area contributed by atoms with E-state index in [1.807, 2.05) is 0 Å². The van der Waals surface area contributed by atoms with Gasteiger partial charge >= 0.3 is 0 Å². The van der Waals surface area contributed by atoms with Crippen LogP contribution < -0.4 is 5.32 Å². The molecule has 1 amide bonds. The lowest BCUT2D eigenvalue weighted by Crippen LogP contribution is -2.66. The molecule has 0 spiro atoms. The predicted molar refractivity (Wildman–Crippen MR) is 365 cm³/mol. The summed E-state index contributed by atoms with van der Waals surface area (Å²) in [5.41, 5.74) is 0. The summed E-state index contributed by atoms with van der Waals surface area (Å²) in [6.07, 6.45) is 39.3. The summed E-state index contributed by atoms with van der Waals surface area (Å²) >= 11 is 0. The first kappa shape index (κ1) is 85.2. The lowest BCUT2D eigenvalue weighted by Gasteiger charge is -2.48. The molecule has 3 saturated heterocycles. The number of unbranched alkanes of at least 4 members (excludes halogenated alkanes) is 37. The number of hydrogen-bond acceptors (Lipinski definition) is 18. The Labute approximate surface area is 561 Å². The second kappa shape index (κ2) is 55.8. The largest absolute Gasteiger partial charge is 0.394 e. The fraction of sp³-hybridized carbons (Fsp3) is 0.905. The third-order valence-corrected chi connectivity index (χ3v) is 19.0. The van der Waals surface area contributed by atoms with Crippen LogP contribution in [-0.2, 0) is 33.2 Å². The van der Waals surface area contributed by atoms with Crippen LogP contribution in [0.3, 0.4) is 0 Å². The molecular formula is C74H137NO18. The van der Waals surface area contributed by atoms with Crippen molar-refractivity contribution in [1.82, 2.24) is 5.32 Å². The van der Waals surface area contributed by atoms with Gasteiger partial charge in [0.2, 0.25) is 5.91 Å². The van der Waals surface area contributed by atoms with Gasteiger partial charge in [0.25, 0.3) is 0 Å². The Bertz CT molecular complexity index is 1830. The van der Waals surface area contributed by atoms with Gasteiger partial charge in [-0.1, -0.05) is 275 Å². The zero-order valence-electron chi connectivity index (χ0n) is 58.0. The summed E-state index contributed by atoms with van der Waals surface area (Å²) in [7, 11) is 0. The summed E-state index contributed by atoms with van der Waals surface area (Å²) in [6.45, 7) is 1.82. The Kier molecular flexibility index (Phi) is 51.2. The van der Waals surface area contributed by atoms with Gasteiger partial charge in [-0.3, -0.25) is 4.79 Å². The highest BCUT2D eigenvalue weighted by molar-refractivity contribution is 5.76. The van der Waals surface area contributed by atoms with Crippen LogP contribution >= 0.6 is 0 Å². The molecule has 3 rings (SSSR count). The van der Waals surface area contributed by atoms with Crippen molar-refractivity contribution >= 4 is 5.91 Å². The number of nitrogens with one attached hydrogen (secondary N) is 1. The van der Waals surface area contributed by atoms with Gasteiger partial charge in [0.15, 0.2) is 18.9 Å². The second-order valence-electron chi connectivity index (χ2n) is 27.1. The molecule has 17 atom stereocenters. The number of aliphatic hydroxyl groups is 11. The molecule has 19 heteroatoms. The monoisotopic (exact) mass is 1330 g/mol. The van der Waals surface area contributed by atoms with E-state index in [9.17, 15) is 61.0 Å². The molecule has 3 fully saturated rings. The van der Waals surface area contributed by atoms with Gasteiger partial charge in [-0.05, 0) is 51.4 Å². The van der Waals surface area contributed by atoms with Crippen LogP contribution in [0.1, 0.15) is 296 Å². The van der Waals surface area contributed by atoms with Crippen molar-refractivity contribution in [1.29, 1.82) is 0 Å². The van der Waals surface area contributed by atoms with E-state index in [1.165, 1.54) is 199 Å². The van der Waals surface area contributed by atoms with Crippen molar-refractivity contribution in [2.45, 2.75) is 401 Å². The zero-order chi connectivity index (χ0) is 67.5. The summed E-state index contributed by atoms with van der Waals surface area (Å²) in [5.74, 6) is -0.242. The van der Waals surface area contributed by atoms with Gasteiger partial charge in [0, 0.05) is 6.42 Å². The van der Waals surface area contributed by atoms with Crippen LogP contribution in [0.2, 0.25) is 0 Å². The maximum Gasteiger partial charge on any atom is 0.220 e. The molecule has 12 N–H and O–H groups in total. The fourth-order valence-corrected chi connectivity index (χ4v) is 12.9. The van der Waals surface area contributed by atoms with Gasteiger partial charge in [-0.2, -0.15) is 0 Å². The van der Waals surface area contributed by atoms with E-state index >= 15 is 0 Å². The van der Waals surface area contributed by atoms with E-state index in [-0.39, 0.29) is 18.9 Å². The molecule has 0 aromatic rings. The summed E-state index contributed by atoms with van der Waals surface area (Å²) in [4.78, 5) is 13.5. The minimum atomic E-state index is -1.97. The molecule has 19 nitrogen and oxygen atoms in total. The van der Waals surface area contributed by atoms with Crippen LogP contribution in [-0.4, -0.2) is 193 Å². The maximum absolute atomic E-state index is 13.5. The van der Waals surface area contributed by atoms with Crippen molar-refractivity contribution in [3.8, 4) is 0 Å². The summed E-state index contributed by atoms with van der Waals surface area (Å²) in [5, 5.41) is 121. The SMILES string of the molecule is CCCCCCC/C=C\C/C=C\C/C=C\CCCCCCCCCCCCCCC(=O)NC(COC1OC(CO)C(OC2OC(CO)C(OC3OC(CO)C(O)C(O)C3O)C(O)C2O)C(O)C1O)C(O)CCCCCCCCCCCCCCCCCCCCCCC. The fourth-order valence-electron chi connectivity index (χ4n) is 12.9. The van der Waals surface area contributed by atoms with Crippen molar-refractivity contribution in [3.05, 3.63) is 36.5 Å². The first-order valence-corrected chi connectivity index (χ1v) is 37.7. The highest BCUT2D eigenvalue weighted by atomic mass is 16.8. The quantitative estimate of drug-likeness (QED) is 0.0199. The smallest absolute Gasteiger partial charge is 0.220 e. The Balaban J connectivity index is 1.40. The zero-order valence-corrected chi connectivity index (χ0v) is 58.0. The third-order valence-electron chi connectivity index (χ3n) is 19.0. The van der Waals surface area contributed by atoms with Crippen molar-refractivity contribution in [3.63, 3.8) is 0 Å². The lowest BCUT2D eigenvalue weighted by atomic mass is 9.96. The van der Waals surface area contributed by atoms with E-state index in [0.717, 1.165) is 64.2 Å². The van der Waals surface area contributed by atoms with E-state index in [2.05, 4.69) is 55.6 Å². The van der Waals surface area contributed by atoms with Gasteiger partial charge in [0.1, 0.15) is 73.2 Å². The molecule has 0 radical (unpaired) electrons. The highest BCUT2D eigenvalue weighted by Gasteiger charge is 2.53. The van der Waals surface area contributed by atoms with E-state index in [0.29, 0.717) is 12.8 Å². The van der Waals surface area contributed by atoms with Crippen LogP contribution in [0, 0.1) is 0 Å². The lowest BCUT2D eigenvalue weighted by molar-refractivity contribution is -0.379. The molecule has 546 valence electrons. The maximum atomic E-state index is 13.5. The number of ether oxygens (including phenoxy) is 6. The normalized spacial score (nSPS) is 27.7. The number of allylic oxidation sites excluding steroid dienone is 6. The minimum absolute atomic E-state index is 0.242. The molecular weight excluding hydrogens is 1190 g/mol. The van der Waals surface area contributed by atoms with Gasteiger partial charge in [0.05, 0.1) is 38.6 Å². The topological polar surface area (TPSA) is 307 Å². The van der Waals surface area contributed by atoms with Crippen molar-refractivity contribution in [2.24, 2.45) is 0 Å². The van der Waals surface area contributed by atoms with Gasteiger partial charge in [-0.25, -0.2) is 0 Å². The van der Waals surface area contributed by atoms with Crippen LogP contribution in [0.5, 0.6) is 0 Å². The predicted octanol–water partition coefficient (Wildman–Crippen LogP) is 11.2. The molecule has 0 bridgehead atoms. The molecule has 3 aliphatic heterocycles. The molecule has 17 unspecified atom stereocenters. The average Bonchev–Trinajstić information content (AvgIpc) is 0.902. The first-order chi connectivity index (χ1) is 45.3. The van der Waals surface area contributed by atoms with Gasteiger partial charge in [-0.15, -0.1) is 0 Å². The Hall–Kier alpha value is -1.99. The van der Waals surface area contributed by atoms with E-state index in [4.69, 9.17) is 28.4 Å². The molecule has 0 saturated carbocycles. The van der Waals surface area contributed by atoms with Crippen LogP contribution in [0.4, 0.5) is 0 Å². The van der Waals surface area contributed by atoms with Crippen molar-refractivity contribution in [2.75, 3.05) is 26.4 Å². The third kappa shape index (κ3) is 37.1. The molecule has 0 aromatic heterocycles.